The molecule has 2 rings (SSSR count). The fraction of sp³-hybridized carbons (Fsp3) is 0.389. The minimum Gasteiger partial charge on any atom is -0.449 e. The van der Waals surface area contributed by atoms with Crippen LogP contribution >= 0.6 is 22.7 Å². The lowest BCUT2D eigenvalue weighted by molar-refractivity contribution is -0.130. The lowest BCUT2D eigenvalue weighted by atomic mass is 10.1. The van der Waals surface area contributed by atoms with Gasteiger partial charge in [0.2, 0.25) is 5.91 Å². The van der Waals surface area contributed by atoms with Crippen LogP contribution in [-0.4, -0.2) is 29.4 Å². The molecule has 0 aliphatic rings. The Morgan fingerprint density at radius 3 is 2.42 bits per heavy atom. The third-order valence-electron chi connectivity index (χ3n) is 3.22. The van der Waals surface area contributed by atoms with E-state index in [4.69, 9.17) is 4.74 Å². The van der Waals surface area contributed by atoms with Gasteiger partial charge in [0.15, 0.2) is 6.10 Å². The highest BCUT2D eigenvalue weighted by molar-refractivity contribution is 7.17. The zero-order valence-electron chi connectivity index (χ0n) is 15.3. The van der Waals surface area contributed by atoms with Crippen LogP contribution in [-0.2, 0) is 14.3 Å². The van der Waals surface area contributed by atoms with E-state index in [0.717, 1.165) is 4.88 Å². The summed E-state index contributed by atoms with van der Waals surface area (Å²) in [5.41, 5.74) is 0.522. The second-order valence-electron chi connectivity index (χ2n) is 6.80. The number of carbonyl (C=O) groups excluding carboxylic acids is 3. The Morgan fingerprint density at radius 2 is 1.88 bits per heavy atom. The van der Waals surface area contributed by atoms with Gasteiger partial charge in [0.1, 0.15) is 10.6 Å². The van der Waals surface area contributed by atoms with E-state index < -0.39 is 17.6 Å². The maximum Gasteiger partial charge on any atom is 0.342 e. The Labute approximate surface area is 160 Å². The van der Waals surface area contributed by atoms with E-state index >= 15 is 0 Å². The van der Waals surface area contributed by atoms with E-state index in [1.807, 2.05) is 38.3 Å². The minimum absolute atomic E-state index is 0.267. The molecule has 2 amide bonds. The molecule has 2 aromatic heterocycles. The van der Waals surface area contributed by atoms with E-state index in [2.05, 4.69) is 10.6 Å². The van der Waals surface area contributed by atoms with Gasteiger partial charge in [-0.05, 0) is 39.1 Å². The second-order valence-corrected chi connectivity index (χ2v) is 8.63. The molecule has 0 aliphatic carbocycles. The fourth-order valence-corrected chi connectivity index (χ4v) is 3.99. The highest BCUT2D eigenvalue weighted by Gasteiger charge is 2.27. The predicted octanol–water partition coefficient (Wildman–Crippen LogP) is 3.90. The molecule has 0 bridgehead atoms. The zero-order valence-corrected chi connectivity index (χ0v) is 17.0. The van der Waals surface area contributed by atoms with Crippen LogP contribution in [0.15, 0.2) is 22.9 Å². The first-order valence-corrected chi connectivity index (χ1v) is 9.80. The van der Waals surface area contributed by atoms with Crippen LogP contribution in [0.25, 0.3) is 10.4 Å². The third kappa shape index (κ3) is 5.15. The Hall–Kier alpha value is -2.19. The van der Waals surface area contributed by atoms with Gasteiger partial charge in [-0.3, -0.25) is 9.59 Å². The Kier molecular flexibility index (Phi) is 6.20. The van der Waals surface area contributed by atoms with Crippen LogP contribution in [0, 0.1) is 0 Å². The van der Waals surface area contributed by atoms with Crippen molar-refractivity contribution >= 4 is 45.5 Å². The number of ether oxygens (including phenoxy) is 1. The van der Waals surface area contributed by atoms with Gasteiger partial charge in [0.05, 0.1) is 0 Å². The smallest absolute Gasteiger partial charge is 0.342 e. The molecule has 0 aromatic carbocycles. The topological polar surface area (TPSA) is 84.5 Å². The van der Waals surface area contributed by atoms with Crippen molar-refractivity contribution in [1.29, 1.82) is 0 Å². The first-order valence-electron chi connectivity index (χ1n) is 8.04. The largest absolute Gasteiger partial charge is 0.449 e. The Morgan fingerprint density at radius 1 is 1.19 bits per heavy atom. The summed E-state index contributed by atoms with van der Waals surface area (Å²) in [6, 6.07) is 3.76. The van der Waals surface area contributed by atoms with Gasteiger partial charge in [0.25, 0.3) is 5.91 Å². The van der Waals surface area contributed by atoms with Crippen molar-refractivity contribution in [3.63, 3.8) is 0 Å². The van der Waals surface area contributed by atoms with Gasteiger partial charge in [0, 0.05) is 28.3 Å². The van der Waals surface area contributed by atoms with Gasteiger partial charge in [-0.25, -0.2) is 4.79 Å². The predicted molar refractivity (Wildman–Crippen MR) is 105 cm³/mol. The van der Waals surface area contributed by atoms with Crippen LogP contribution < -0.4 is 10.6 Å². The molecule has 26 heavy (non-hydrogen) atoms. The number of nitrogens with one attached hydrogen (secondary N) is 2. The monoisotopic (exact) mass is 394 g/mol. The van der Waals surface area contributed by atoms with Gasteiger partial charge >= 0.3 is 5.97 Å². The van der Waals surface area contributed by atoms with Crippen LogP contribution in [0.5, 0.6) is 0 Å². The van der Waals surface area contributed by atoms with Crippen molar-refractivity contribution in [1.82, 2.24) is 5.32 Å². The molecule has 0 spiro atoms. The summed E-state index contributed by atoms with van der Waals surface area (Å²) < 4.78 is 5.37. The molecule has 0 aliphatic heterocycles. The average molecular weight is 395 g/mol. The SMILES string of the molecule is CC(=O)Nc1scc(-c2cccs2)c1C(=O)O[C@H](C)C(=O)NC(C)(C)C. The number of hydrogen-bond acceptors (Lipinski definition) is 6. The molecule has 0 saturated heterocycles. The molecule has 2 heterocycles. The molecule has 8 heteroatoms. The van der Waals surface area contributed by atoms with Gasteiger partial charge in [-0.2, -0.15) is 0 Å². The molecule has 0 unspecified atom stereocenters. The molecule has 140 valence electrons. The van der Waals surface area contributed by atoms with E-state index in [1.165, 1.54) is 36.5 Å². The fourth-order valence-electron chi connectivity index (χ4n) is 2.17. The van der Waals surface area contributed by atoms with Crippen LogP contribution in [0.2, 0.25) is 0 Å². The summed E-state index contributed by atoms with van der Waals surface area (Å²) in [7, 11) is 0. The van der Waals surface area contributed by atoms with Crippen LogP contribution in [0.3, 0.4) is 0 Å². The molecule has 0 fully saturated rings. The first kappa shape index (κ1) is 20.1. The lowest BCUT2D eigenvalue weighted by Crippen LogP contribution is -2.46. The molecule has 2 aromatic rings. The van der Waals surface area contributed by atoms with Crippen molar-refractivity contribution in [3.8, 4) is 10.4 Å². The quantitative estimate of drug-likeness (QED) is 0.754. The summed E-state index contributed by atoms with van der Waals surface area (Å²) in [5.74, 6) is -1.30. The summed E-state index contributed by atoms with van der Waals surface area (Å²) >= 11 is 2.73. The van der Waals surface area contributed by atoms with Crippen molar-refractivity contribution in [2.75, 3.05) is 5.32 Å². The van der Waals surface area contributed by atoms with Crippen LogP contribution in [0.1, 0.15) is 45.0 Å². The van der Waals surface area contributed by atoms with E-state index in [1.54, 1.807) is 5.38 Å². The number of thiophene rings is 2. The number of esters is 1. The van der Waals surface area contributed by atoms with E-state index in [-0.39, 0.29) is 17.4 Å². The average Bonchev–Trinajstić information content (AvgIpc) is 3.13. The molecular weight excluding hydrogens is 372 g/mol. The highest BCUT2D eigenvalue weighted by Crippen LogP contribution is 2.38. The Balaban J connectivity index is 2.27. The minimum atomic E-state index is -0.956. The highest BCUT2D eigenvalue weighted by atomic mass is 32.1. The lowest BCUT2D eigenvalue weighted by Gasteiger charge is -2.23. The molecule has 1 atom stereocenters. The third-order valence-corrected chi connectivity index (χ3v) is 5.02. The van der Waals surface area contributed by atoms with Crippen LogP contribution in [0.4, 0.5) is 5.00 Å². The number of amides is 2. The number of carbonyl (C=O) groups is 3. The standard InChI is InChI=1S/C18H22N2O4S2/c1-10(15(22)20-18(3,4)5)24-17(23)14-12(13-7-6-8-25-13)9-26-16(14)19-11(2)21/h6-10H,1-5H3,(H,19,21)(H,20,22)/t10-/m1/s1. The number of hydrogen-bond donors (Lipinski definition) is 2. The van der Waals surface area contributed by atoms with Gasteiger partial charge < -0.3 is 15.4 Å². The van der Waals surface area contributed by atoms with Gasteiger partial charge in [-0.15, -0.1) is 22.7 Å². The van der Waals surface area contributed by atoms with Gasteiger partial charge in [-0.1, -0.05) is 6.07 Å². The maximum absolute atomic E-state index is 12.8. The summed E-state index contributed by atoms with van der Waals surface area (Å²) in [6.45, 7) is 8.44. The second kappa shape index (κ2) is 8.01. The molecule has 2 N–H and O–H groups in total. The van der Waals surface area contributed by atoms with Crippen molar-refractivity contribution in [2.24, 2.45) is 0 Å². The molecule has 0 radical (unpaired) electrons. The van der Waals surface area contributed by atoms with E-state index in [9.17, 15) is 14.4 Å². The molecule has 6 nitrogen and oxygen atoms in total. The summed E-state index contributed by atoms with van der Waals surface area (Å²) in [5, 5.41) is 9.55. The Bertz CT molecular complexity index is 804. The summed E-state index contributed by atoms with van der Waals surface area (Å²) in [4.78, 5) is 37.3. The zero-order chi connectivity index (χ0) is 19.5. The molecule has 0 saturated carbocycles. The number of anilines is 1. The van der Waals surface area contributed by atoms with E-state index in [0.29, 0.717) is 10.6 Å². The maximum atomic E-state index is 12.8. The van der Waals surface area contributed by atoms with Crippen molar-refractivity contribution in [2.45, 2.75) is 46.3 Å². The first-order chi connectivity index (χ1) is 12.1. The molecular formula is C18H22N2O4S2. The number of rotatable bonds is 5. The summed E-state index contributed by atoms with van der Waals surface area (Å²) in [6.07, 6.45) is -0.956. The van der Waals surface area contributed by atoms with Crippen molar-refractivity contribution in [3.05, 3.63) is 28.5 Å². The normalized spacial score (nSPS) is 12.3. The van der Waals surface area contributed by atoms with Crippen molar-refractivity contribution < 1.29 is 19.1 Å².